The normalized spacial score (nSPS) is 39.2. The van der Waals surface area contributed by atoms with E-state index in [1.165, 1.54) is 38.8 Å². The molecule has 0 amide bonds. The van der Waals surface area contributed by atoms with Gasteiger partial charge in [0, 0.05) is 12.1 Å². The van der Waals surface area contributed by atoms with Crippen LogP contribution in [0.25, 0.3) is 0 Å². The molecule has 0 aliphatic carbocycles. The number of nitrogens with one attached hydrogen (secondary N) is 1. The smallest absolute Gasteiger partial charge is 0.0589 e. The van der Waals surface area contributed by atoms with Crippen molar-refractivity contribution in [2.24, 2.45) is 5.92 Å². The van der Waals surface area contributed by atoms with Crippen LogP contribution in [-0.4, -0.2) is 48.3 Å². The van der Waals surface area contributed by atoms with Crippen molar-refractivity contribution in [2.75, 3.05) is 26.2 Å². The molecule has 0 aromatic rings. The third kappa shape index (κ3) is 2.52. The van der Waals surface area contributed by atoms with Gasteiger partial charge >= 0.3 is 0 Å². The molecule has 0 spiro atoms. The molecular weight excluding hydrogens is 188 g/mol. The zero-order valence-corrected chi connectivity index (χ0v) is 9.78. The van der Waals surface area contributed by atoms with Crippen molar-refractivity contribution < 1.29 is 5.11 Å². The summed E-state index contributed by atoms with van der Waals surface area (Å²) in [6.45, 7) is 6.12. The highest BCUT2D eigenvalue weighted by atomic mass is 16.3. The van der Waals surface area contributed by atoms with Gasteiger partial charge in [0.1, 0.15) is 0 Å². The molecule has 15 heavy (non-hydrogen) atoms. The third-order valence-corrected chi connectivity index (χ3v) is 4.13. The van der Waals surface area contributed by atoms with E-state index in [-0.39, 0.29) is 0 Å². The number of rotatable bonds is 2. The van der Waals surface area contributed by atoms with Crippen LogP contribution in [0.15, 0.2) is 0 Å². The average Bonchev–Trinajstić information content (AvgIpc) is 2.48. The quantitative estimate of drug-likeness (QED) is 0.712. The van der Waals surface area contributed by atoms with E-state index in [2.05, 4.69) is 17.1 Å². The molecule has 0 saturated carbocycles. The predicted octanol–water partition coefficient (Wildman–Crippen LogP) is 0.831. The van der Waals surface area contributed by atoms with Crippen molar-refractivity contribution >= 4 is 0 Å². The van der Waals surface area contributed by atoms with Crippen LogP contribution in [0.1, 0.15) is 32.6 Å². The van der Waals surface area contributed by atoms with Gasteiger partial charge in [0.25, 0.3) is 0 Å². The van der Waals surface area contributed by atoms with Crippen molar-refractivity contribution in [3.8, 4) is 0 Å². The first-order valence-electron chi connectivity index (χ1n) is 6.40. The minimum absolute atomic E-state index is 0.338. The number of nitrogens with zero attached hydrogens (tertiary/aromatic N) is 1. The van der Waals surface area contributed by atoms with Crippen LogP contribution >= 0.6 is 0 Å². The molecule has 3 unspecified atom stereocenters. The van der Waals surface area contributed by atoms with E-state index in [1.54, 1.807) is 0 Å². The summed E-state index contributed by atoms with van der Waals surface area (Å²) in [5, 5.41) is 12.9. The second kappa shape index (κ2) is 5.28. The van der Waals surface area contributed by atoms with E-state index in [0.717, 1.165) is 6.54 Å². The van der Waals surface area contributed by atoms with Crippen molar-refractivity contribution in [1.29, 1.82) is 0 Å². The van der Waals surface area contributed by atoms with Gasteiger partial charge in [-0.2, -0.15) is 0 Å². The second-order valence-electron chi connectivity index (χ2n) is 5.09. The summed E-state index contributed by atoms with van der Waals surface area (Å²) in [7, 11) is 0. The molecular formula is C12H24N2O. The summed E-state index contributed by atoms with van der Waals surface area (Å²) in [6, 6.07) is 1.13. The maximum atomic E-state index is 9.45. The number of hydrogen-bond donors (Lipinski definition) is 2. The summed E-state index contributed by atoms with van der Waals surface area (Å²) >= 11 is 0. The summed E-state index contributed by atoms with van der Waals surface area (Å²) in [5.41, 5.74) is 0. The highest BCUT2D eigenvalue weighted by molar-refractivity contribution is 4.89. The molecule has 2 fully saturated rings. The molecule has 0 radical (unpaired) electrons. The monoisotopic (exact) mass is 212 g/mol. The Kier molecular flexibility index (Phi) is 4.00. The minimum Gasteiger partial charge on any atom is -0.395 e. The molecule has 2 saturated heterocycles. The Hall–Kier alpha value is -0.120. The molecule has 2 aliphatic rings. The van der Waals surface area contributed by atoms with Gasteiger partial charge in [-0.3, -0.25) is 4.90 Å². The zero-order chi connectivity index (χ0) is 10.7. The number of hydrogen-bond acceptors (Lipinski definition) is 3. The molecule has 0 bridgehead atoms. The summed E-state index contributed by atoms with van der Waals surface area (Å²) in [5.74, 6) is 0.672. The molecule has 0 aromatic heterocycles. The van der Waals surface area contributed by atoms with E-state index in [9.17, 15) is 5.11 Å². The van der Waals surface area contributed by atoms with Crippen molar-refractivity contribution in [3.05, 3.63) is 0 Å². The molecule has 2 aliphatic heterocycles. The number of aliphatic hydroxyl groups is 1. The van der Waals surface area contributed by atoms with Crippen LogP contribution < -0.4 is 5.32 Å². The maximum Gasteiger partial charge on any atom is 0.0589 e. The molecule has 2 N–H and O–H groups in total. The lowest BCUT2D eigenvalue weighted by molar-refractivity contribution is 0.0964. The van der Waals surface area contributed by atoms with Crippen LogP contribution in [0.5, 0.6) is 0 Å². The molecule has 0 aromatic carbocycles. The van der Waals surface area contributed by atoms with Gasteiger partial charge in [-0.1, -0.05) is 6.92 Å². The first kappa shape index (κ1) is 11.4. The second-order valence-corrected chi connectivity index (χ2v) is 5.09. The molecule has 2 rings (SSSR count). The lowest BCUT2D eigenvalue weighted by Gasteiger charge is -2.32. The molecule has 88 valence electrons. The van der Waals surface area contributed by atoms with Gasteiger partial charge in [-0.15, -0.1) is 0 Å². The SMILES string of the molecule is CC1CCN(C2CCCNCC2)C1CO. The largest absolute Gasteiger partial charge is 0.395 e. The van der Waals surface area contributed by atoms with Crippen LogP contribution in [0.4, 0.5) is 0 Å². The van der Waals surface area contributed by atoms with Gasteiger partial charge in [0.2, 0.25) is 0 Å². The van der Waals surface area contributed by atoms with Crippen LogP contribution in [0, 0.1) is 5.92 Å². The highest BCUT2D eigenvalue weighted by Crippen LogP contribution is 2.28. The molecule has 3 nitrogen and oxygen atoms in total. The Bertz CT molecular complexity index is 190. The van der Waals surface area contributed by atoms with Gasteiger partial charge < -0.3 is 10.4 Å². The Labute approximate surface area is 92.8 Å². The van der Waals surface area contributed by atoms with Crippen LogP contribution in [0.2, 0.25) is 0 Å². The Morgan fingerprint density at radius 3 is 2.93 bits per heavy atom. The first-order chi connectivity index (χ1) is 7.33. The van der Waals surface area contributed by atoms with E-state index < -0.39 is 0 Å². The standard InChI is InChI=1S/C12H24N2O/c1-10-5-8-14(12(10)9-15)11-3-2-6-13-7-4-11/h10-13,15H,2-9H2,1H3. The molecule has 2 heterocycles. The van der Waals surface area contributed by atoms with Crippen molar-refractivity contribution in [1.82, 2.24) is 10.2 Å². The topological polar surface area (TPSA) is 35.5 Å². The van der Waals surface area contributed by atoms with Crippen molar-refractivity contribution in [2.45, 2.75) is 44.7 Å². The summed E-state index contributed by atoms with van der Waals surface area (Å²) in [6.07, 6.45) is 5.10. The van der Waals surface area contributed by atoms with E-state index in [1.807, 2.05) is 0 Å². The van der Waals surface area contributed by atoms with Crippen molar-refractivity contribution in [3.63, 3.8) is 0 Å². The lowest BCUT2D eigenvalue weighted by Crippen LogP contribution is -2.43. The third-order valence-electron chi connectivity index (χ3n) is 4.13. The first-order valence-corrected chi connectivity index (χ1v) is 6.40. The average molecular weight is 212 g/mol. The number of likely N-dealkylation sites (tertiary alicyclic amines) is 1. The highest BCUT2D eigenvalue weighted by Gasteiger charge is 2.34. The maximum absolute atomic E-state index is 9.45. The van der Waals surface area contributed by atoms with Gasteiger partial charge in [0.15, 0.2) is 0 Å². The Morgan fingerprint density at radius 2 is 2.13 bits per heavy atom. The van der Waals surface area contributed by atoms with Crippen LogP contribution in [0.3, 0.4) is 0 Å². The molecule has 3 atom stereocenters. The van der Waals surface area contributed by atoms with Crippen LogP contribution in [-0.2, 0) is 0 Å². The van der Waals surface area contributed by atoms with E-state index in [4.69, 9.17) is 0 Å². The van der Waals surface area contributed by atoms with Gasteiger partial charge in [-0.05, 0) is 51.2 Å². The lowest BCUT2D eigenvalue weighted by atomic mass is 10.0. The predicted molar refractivity (Wildman–Crippen MR) is 61.9 cm³/mol. The van der Waals surface area contributed by atoms with E-state index >= 15 is 0 Å². The van der Waals surface area contributed by atoms with E-state index in [0.29, 0.717) is 24.6 Å². The van der Waals surface area contributed by atoms with Gasteiger partial charge in [-0.25, -0.2) is 0 Å². The minimum atomic E-state index is 0.338. The number of aliphatic hydroxyl groups excluding tert-OH is 1. The Morgan fingerprint density at radius 1 is 1.27 bits per heavy atom. The zero-order valence-electron chi connectivity index (χ0n) is 9.78. The Balaban J connectivity index is 1.95. The molecule has 3 heteroatoms. The fraction of sp³-hybridized carbons (Fsp3) is 1.00. The summed E-state index contributed by atoms with van der Waals surface area (Å²) < 4.78 is 0. The fourth-order valence-corrected chi connectivity index (χ4v) is 3.11. The van der Waals surface area contributed by atoms with Gasteiger partial charge in [0.05, 0.1) is 6.61 Å². The summed E-state index contributed by atoms with van der Waals surface area (Å²) in [4.78, 5) is 2.57. The fourth-order valence-electron chi connectivity index (χ4n) is 3.11.